The minimum atomic E-state index is -0.0708. The molecule has 1 aliphatic rings. The summed E-state index contributed by atoms with van der Waals surface area (Å²) in [4.78, 5) is 13.2. The van der Waals surface area contributed by atoms with E-state index in [0.717, 1.165) is 12.1 Å². The molecule has 0 bridgehead atoms. The molecule has 1 aliphatic heterocycles. The van der Waals surface area contributed by atoms with Gasteiger partial charge in [0.05, 0.1) is 0 Å². The molecule has 1 aromatic carbocycles. The first kappa shape index (κ1) is 11.9. The molecule has 0 spiro atoms. The summed E-state index contributed by atoms with van der Waals surface area (Å²) in [5.74, 6) is 0. The first-order valence-corrected chi connectivity index (χ1v) is 5.84. The predicted octanol–water partition coefficient (Wildman–Crippen LogP) is 1.06. The van der Waals surface area contributed by atoms with Crippen LogP contribution in [0.15, 0.2) is 24.3 Å². The number of nitrogens with one attached hydrogen (secondary N) is 1. The molecule has 1 fully saturated rings. The zero-order chi connectivity index (χ0) is 12.5. The highest BCUT2D eigenvalue weighted by molar-refractivity contribution is 5.75. The van der Waals surface area contributed by atoms with Gasteiger partial charge in [0.1, 0.15) is 0 Å². The van der Waals surface area contributed by atoms with Gasteiger partial charge in [-0.15, -0.1) is 0 Å². The fraction of sp³-hybridized carbons (Fsp3) is 0.462. The average molecular weight is 233 g/mol. The van der Waals surface area contributed by atoms with Gasteiger partial charge in [-0.3, -0.25) is 0 Å². The van der Waals surface area contributed by atoms with E-state index in [0.29, 0.717) is 13.1 Å². The van der Waals surface area contributed by atoms with Crippen LogP contribution >= 0.6 is 0 Å². The second-order valence-electron chi connectivity index (χ2n) is 4.94. The van der Waals surface area contributed by atoms with Crippen molar-refractivity contribution in [2.75, 3.05) is 20.1 Å². The molecule has 0 aromatic heterocycles. The normalized spacial score (nSPS) is 24.6. The lowest BCUT2D eigenvalue weighted by molar-refractivity contribution is 0.174. The van der Waals surface area contributed by atoms with Crippen molar-refractivity contribution in [2.24, 2.45) is 5.73 Å². The molecule has 4 heteroatoms. The summed E-state index contributed by atoms with van der Waals surface area (Å²) in [5, 5.41) is 2.92. The van der Waals surface area contributed by atoms with Crippen molar-refractivity contribution < 1.29 is 4.79 Å². The Morgan fingerprint density at radius 2 is 2.18 bits per heavy atom. The summed E-state index contributed by atoms with van der Waals surface area (Å²) in [6.07, 6.45) is 0. The van der Waals surface area contributed by atoms with Gasteiger partial charge in [0.15, 0.2) is 0 Å². The van der Waals surface area contributed by atoms with E-state index in [4.69, 9.17) is 5.73 Å². The standard InChI is InChI=1S/C13H19N3O/c1-13(8-15-12(17)16(2)9-13)11-6-4-3-5-10(11)7-14/h3-6H,7-9,14H2,1-2H3,(H,15,17). The fourth-order valence-corrected chi connectivity index (χ4v) is 2.52. The van der Waals surface area contributed by atoms with Gasteiger partial charge in [0, 0.05) is 32.1 Å². The van der Waals surface area contributed by atoms with E-state index >= 15 is 0 Å². The Kier molecular flexibility index (Phi) is 3.07. The third-order valence-corrected chi connectivity index (χ3v) is 3.45. The molecule has 1 saturated heterocycles. The maximum Gasteiger partial charge on any atom is 0.317 e. The first-order chi connectivity index (χ1) is 8.07. The lowest BCUT2D eigenvalue weighted by atomic mass is 9.78. The smallest absolute Gasteiger partial charge is 0.317 e. The van der Waals surface area contributed by atoms with E-state index in [1.165, 1.54) is 5.56 Å². The number of likely N-dealkylation sites (N-methyl/N-ethyl adjacent to an activating group) is 1. The molecule has 17 heavy (non-hydrogen) atoms. The highest BCUT2D eigenvalue weighted by Crippen LogP contribution is 2.29. The van der Waals surface area contributed by atoms with Gasteiger partial charge < -0.3 is 16.0 Å². The van der Waals surface area contributed by atoms with Crippen molar-refractivity contribution in [3.63, 3.8) is 0 Å². The summed E-state index contributed by atoms with van der Waals surface area (Å²) in [6, 6.07) is 8.17. The maximum absolute atomic E-state index is 11.5. The summed E-state index contributed by atoms with van der Waals surface area (Å²) in [7, 11) is 1.82. The Balaban J connectivity index is 2.35. The molecule has 1 atom stereocenters. The minimum Gasteiger partial charge on any atom is -0.337 e. The molecule has 1 unspecified atom stereocenters. The number of nitrogens with zero attached hydrogens (tertiary/aromatic N) is 1. The number of urea groups is 1. The molecular formula is C13H19N3O. The topological polar surface area (TPSA) is 58.4 Å². The van der Waals surface area contributed by atoms with E-state index in [1.807, 2.05) is 19.2 Å². The molecule has 0 aliphatic carbocycles. The number of carbonyl (C=O) groups is 1. The molecule has 1 aromatic rings. The largest absolute Gasteiger partial charge is 0.337 e. The Morgan fingerprint density at radius 1 is 1.47 bits per heavy atom. The lowest BCUT2D eigenvalue weighted by Gasteiger charge is -2.40. The fourth-order valence-electron chi connectivity index (χ4n) is 2.52. The summed E-state index contributed by atoms with van der Waals surface area (Å²) in [6.45, 7) is 4.07. The van der Waals surface area contributed by atoms with Crippen LogP contribution in [0.2, 0.25) is 0 Å². The van der Waals surface area contributed by atoms with E-state index < -0.39 is 0 Å². The SMILES string of the molecule is CN1CC(C)(c2ccccc2CN)CNC1=O. The number of carbonyl (C=O) groups excluding carboxylic acids is 1. The van der Waals surface area contributed by atoms with E-state index in [9.17, 15) is 4.79 Å². The highest BCUT2D eigenvalue weighted by atomic mass is 16.2. The van der Waals surface area contributed by atoms with Crippen molar-refractivity contribution >= 4 is 6.03 Å². The van der Waals surface area contributed by atoms with Gasteiger partial charge in [-0.2, -0.15) is 0 Å². The number of nitrogens with two attached hydrogens (primary N) is 1. The monoisotopic (exact) mass is 233 g/mol. The lowest BCUT2D eigenvalue weighted by Crippen LogP contribution is -2.56. The first-order valence-electron chi connectivity index (χ1n) is 5.84. The average Bonchev–Trinajstić information content (AvgIpc) is 2.34. The van der Waals surface area contributed by atoms with Crippen LogP contribution in [0, 0.1) is 0 Å². The molecule has 1 heterocycles. The van der Waals surface area contributed by atoms with Gasteiger partial charge in [-0.05, 0) is 11.1 Å². The number of rotatable bonds is 2. The summed E-state index contributed by atoms with van der Waals surface area (Å²) >= 11 is 0. The third kappa shape index (κ3) is 2.13. The van der Waals surface area contributed by atoms with Crippen molar-refractivity contribution in [3.05, 3.63) is 35.4 Å². The van der Waals surface area contributed by atoms with Crippen LogP contribution < -0.4 is 11.1 Å². The Bertz CT molecular complexity index is 432. The number of hydrogen-bond acceptors (Lipinski definition) is 2. The third-order valence-electron chi connectivity index (χ3n) is 3.45. The maximum atomic E-state index is 11.5. The van der Waals surface area contributed by atoms with Gasteiger partial charge >= 0.3 is 6.03 Å². The van der Waals surface area contributed by atoms with Crippen molar-refractivity contribution in [3.8, 4) is 0 Å². The highest BCUT2D eigenvalue weighted by Gasteiger charge is 2.35. The molecule has 0 radical (unpaired) electrons. The van der Waals surface area contributed by atoms with Gasteiger partial charge in [-0.1, -0.05) is 31.2 Å². The van der Waals surface area contributed by atoms with E-state index in [1.54, 1.807) is 4.90 Å². The molecule has 3 N–H and O–H groups in total. The van der Waals surface area contributed by atoms with E-state index in [-0.39, 0.29) is 11.4 Å². The van der Waals surface area contributed by atoms with Crippen molar-refractivity contribution in [1.82, 2.24) is 10.2 Å². The second kappa shape index (κ2) is 4.37. The summed E-state index contributed by atoms with van der Waals surface area (Å²) in [5.41, 5.74) is 8.09. The van der Waals surface area contributed by atoms with Gasteiger partial charge in [-0.25, -0.2) is 4.79 Å². The Hall–Kier alpha value is -1.55. The zero-order valence-corrected chi connectivity index (χ0v) is 10.4. The molecule has 2 rings (SSSR count). The molecular weight excluding hydrogens is 214 g/mol. The molecule has 4 nitrogen and oxygen atoms in total. The quantitative estimate of drug-likeness (QED) is 0.802. The van der Waals surface area contributed by atoms with Crippen molar-refractivity contribution in [2.45, 2.75) is 18.9 Å². The minimum absolute atomic E-state index is 0.00676. The number of benzene rings is 1. The zero-order valence-electron chi connectivity index (χ0n) is 10.4. The molecule has 2 amide bonds. The van der Waals surface area contributed by atoms with Crippen LogP contribution in [0.25, 0.3) is 0 Å². The number of amides is 2. The Labute approximate surface area is 102 Å². The van der Waals surface area contributed by atoms with E-state index in [2.05, 4.69) is 24.4 Å². The second-order valence-corrected chi connectivity index (χ2v) is 4.94. The van der Waals surface area contributed by atoms with Crippen molar-refractivity contribution in [1.29, 1.82) is 0 Å². The Morgan fingerprint density at radius 3 is 2.82 bits per heavy atom. The van der Waals surface area contributed by atoms with Gasteiger partial charge in [0.2, 0.25) is 0 Å². The predicted molar refractivity (Wildman–Crippen MR) is 67.7 cm³/mol. The number of hydrogen-bond donors (Lipinski definition) is 2. The van der Waals surface area contributed by atoms with Crippen LogP contribution in [0.5, 0.6) is 0 Å². The van der Waals surface area contributed by atoms with Crippen LogP contribution in [0.1, 0.15) is 18.1 Å². The van der Waals surface area contributed by atoms with Gasteiger partial charge in [0.25, 0.3) is 0 Å². The molecule has 92 valence electrons. The molecule has 0 saturated carbocycles. The van der Waals surface area contributed by atoms with Crippen LogP contribution in [0.4, 0.5) is 4.79 Å². The van der Waals surface area contributed by atoms with Crippen LogP contribution in [0.3, 0.4) is 0 Å². The van der Waals surface area contributed by atoms with Crippen LogP contribution in [-0.2, 0) is 12.0 Å². The summed E-state index contributed by atoms with van der Waals surface area (Å²) < 4.78 is 0. The van der Waals surface area contributed by atoms with Crippen LogP contribution in [-0.4, -0.2) is 31.1 Å².